The van der Waals surface area contributed by atoms with Crippen molar-refractivity contribution in [2.45, 2.75) is 0 Å². The summed E-state index contributed by atoms with van der Waals surface area (Å²) in [6.45, 7) is 0. The van der Waals surface area contributed by atoms with Crippen LogP contribution in [0.25, 0.3) is 10.9 Å². The Morgan fingerprint density at radius 1 is 1.21 bits per heavy atom. The number of aromatic nitrogens is 2. The van der Waals surface area contributed by atoms with Gasteiger partial charge in [0.05, 0.1) is 15.9 Å². The first kappa shape index (κ1) is 9.43. The highest BCUT2D eigenvalue weighted by Gasteiger charge is 2.09. The molecule has 6 heteroatoms. The zero-order valence-electron chi connectivity index (χ0n) is 6.63. The Morgan fingerprint density at radius 3 is 2.64 bits per heavy atom. The second kappa shape index (κ2) is 3.22. The van der Waals surface area contributed by atoms with Crippen LogP contribution in [0.15, 0.2) is 12.1 Å². The minimum absolute atomic E-state index is 0.0772. The van der Waals surface area contributed by atoms with E-state index in [-0.39, 0.29) is 21.6 Å². The topological polar surface area (TPSA) is 46.0 Å². The van der Waals surface area contributed by atoms with Crippen LogP contribution in [0.2, 0.25) is 10.3 Å². The second-order valence-electron chi connectivity index (χ2n) is 2.60. The van der Waals surface area contributed by atoms with Crippen molar-refractivity contribution in [3.05, 3.63) is 28.3 Å². The molecule has 0 spiro atoms. The van der Waals surface area contributed by atoms with Gasteiger partial charge in [-0.25, -0.2) is 9.37 Å². The van der Waals surface area contributed by atoms with Crippen molar-refractivity contribution >= 4 is 34.1 Å². The highest BCUT2D eigenvalue weighted by molar-refractivity contribution is 6.31. The zero-order chi connectivity index (χ0) is 10.3. The molecule has 0 unspecified atom stereocenters. The van der Waals surface area contributed by atoms with E-state index in [9.17, 15) is 9.50 Å². The molecule has 0 atom stereocenters. The van der Waals surface area contributed by atoms with Crippen molar-refractivity contribution in [1.29, 1.82) is 0 Å². The first-order valence-electron chi connectivity index (χ1n) is 3.59. The molecule has 0 saturated carbocycles. The maximum Gasteiger partial charge on any atom is 0.226 e. The van der Waals surface area contributed by atoms with Crippen LogP contribution in [0.4, 0.5) is 4.39 Å². The van der Waals surface area contributed by atoms with Crippen LogP contribution in [0.5, 0.6) is 5.88 Å². The molecule has 72 valence electrons. The van der Waals surface area contributed by atoms with Crippen LogP contribution in [0.1, 0.15) is 0 Å². The van der Waals surface area contributed by atoms with Crippen molar-refractivity contribution < 1.29 is 9.50 Å². The molecule has 0 amide bonds. The maximum atomic E-state index is 13.0. The Balaban J connectivity index is 2.89. The van der Waals surface area contributed by atoms with E-state index in [1.165, 1.54) is 6.07 Å². The normalized spacial score (nSPS) is 10.8. The summed E-state index contributed by atoms with van der Waals surface area (Å²) in [5.41, 5.74) is 0.300. The van der Waals surface area contributed by atoms with Gasteiger partial charge in [0.1, 0.15) is 5.82 Å². The lowest BCUT2D eigenvalue weighted by Gasteiger charge is -2.01. The third-order valence-corrected chi connectivity index (χ3v) is 2.15. The molecule has 1 N–H and O–H groups in total. The fourth-order valence-corrected chi connectivity index (χ4v) is 1.41. The van der Waals surface area contributed by atoms with Gasteiger partial charge in [0.15, 0.2) is 0 Å². The molecule has 2 rings (SSSR count). The van der Waals surface area contributed by atoms with E-state index in [0.29, 0.717) is 5.52 Å². The second-order valence-corrected chi connectivity index (χ2v) is 3.34. The van der Waals surface area contributed by atoms with Crippen molar-refractivity contribution in [2.75, 3.05) is 0 Å². The highest BCUT2D eigenvalue weighted by atomic mass is 35.5. The largest absolute Gasteiger partial charge is 0.493 e. The van der Waals surface area contributed by atoms with Gasteiger partial charge < -0.3 is 5.11 Å². The molecule has 0 saturated heterocycles. The average Bonchev–Trinajstić information content (AvgIpc) is 2.08. The van der Waals surface area contributed by atoms with E-state index >= 15 is 0 Å². The molecule has 14 heavy (non-hydrogen) atoms. The van der Waals surface area contributed by atoms with Gasteiger partial charge in [-0.3, -0.25) is 0 Å². The molecule has 0 radical (unpaired) electrons. The van der Waals surface area contributed by atoms with Gasteiger partial charge in [0.2, 0.25) is 11.2 Å². The third-order valence-electron chi connectivity index (χ3n) is 1.69. The van der Waals surface area contributed by atoms with Crippen LogP contribution in [0, 0.1) is 5.82 Å². The SMILES string of the molecule is Oc1nc(Cl)nc2cc(Cl)c(F)cc12. The molecule has 0 fully saturated rings. The first-order valence-corrected chi connectivity index (χ1v) is 4.35. The number of hydrogen-bond donors (Lipinski definition) is 1. The zero-order valence-corrected chi connectivity index (χ0v) is 8.14. The van der Waals surface area contributed by atoms with Crippen LogP contribution >= 0.6 is 23.2 Å². The lowest BCUT2D eigenvalue weighted by atomic mass is 10.2. The summed E-state index contributed by atoms with van der Waals surface area (Å²) in [6, 6.07) is 2.34. The molecular weight excluding hydrogens is 230 g/mol. The van der Waals surface area contributed by atoms with Crippen molar-refractivity contribution in [3.8, 4) is 5.88 Å². The van der Waals surface area contributed by atoms with Gasteiger partial charge >= 0.3 is 0 Å². The van der Waals surface area contributed by atoms with Gasteiger partial charge in [0, 0.05) is 0 Å². The van der Waals surface area contributed by atoms with E-state index in [1.54, 1.807) is 0 Å². The maximum absolute atomic E-state index is 13.0. The predicted octanol–water partition coefficient (Wildman–Crippen LogP) is 2.78. The molecule has 3 nitrogen and oxygen atoms in total. The summed E-state index contributed by atoms with van der Waals surface area (Å²) < 4.78 is 13.0. The first-order chi connectivity index (χ1) is 6.58. The smallest absolute Gasteiger partial charge is 0.226 e. The van der Waals surface area contributed by atoms with E-state index < -0.39 is 5.82 Å². The monoisotopic (exact) mass is 232 g/mol. The number of fused-ring (bicyclic) bond motifs is 1. The van der Waals surface area contributed by atoms with Crippen molar-refractivity contribution in [2.24, 2.45) is 0 Å². The third kappa shape index (κ3) is 1.47. The number of benzene rings is 1. The molecule has 1 heterocycles. The Morgan fingerprint density at radius 2 is 1.93 bits per heavy atom. The summed E-state index contributed by atoms with van der Waals surface area (Å²) in [6.07, 6.45) is 0. The van der Waals surface area contributed by atoms with Gasteiger partial charge in [0.25, 0.3) is 0 Å². The standard InChI is InChI=1S/C8H3Cl2FN2O/c9-4-2-6-3(1-5(4)11)7(14)13-8(10)12-6/h1-2H,(H,12,13,14). The lowest BCUT2D eigenvalue weighted by molar-refractivity contribution is 0.459. The van der Waals surface area contributed by atoms with Gasteiger partial charge in [-0.15, -0.1) is 0 Å². The van der Waals surface area contributed by atoms with Gasteiger partial charge in [-0.2, -0.15) is 4.98 Å². The number of hydrogen-bond acceptors (Lipinski definition) is 3. The summed E-state index contributed by atoms with van der Waals surface area (Å²) >= 11 is 11.0. The fraction of sp³-hybridized carbons (Fsp3) is 0. The number of halogens is 3. The molecule has 0 aliphatic carbocycles. The van der Waals surface area contributed by atoms with Gasteiger partial charge in [-0.1, -0.05) is 11.6 Å². The van der Waals surface area contributed by atoms with E-state index in [2.05, 4.69) is 9.97 Å². The summed E-state index contributed by atoms with van der Waals surface area (Å²) in [5, 5.41) is 9.31. The summed E-state index contributed by atoms with van der Waals surface area (Å²) in [5.74, 6) is -1.00. The Kier molecular flexibility index (Phi) is 2.17. The van der Waals surface area contributed by atoms with Crippen LogP contribution in [-0.2, 0) is 0 Å². The Labute approximate surface area is 88.1 Å². The van der Waals surface area contributed by atoms with Crippen molar-refractivity contribution in [1.82, 2.24) is 9.97 Å². The quantitative estimate of drug-likeness (QED) is 0.711. The van der Waals surface area contributed by atoms with Crippen LogP contribution in [0.3, 0.4) is 0 Å². The molecule has 0 aliphatic heterocycles. The fourth-order valence-electron chi connectivity index (χ4n) is 1.08. The van der Waals surface area contributed by atoms with E-state index in [1.807, 2.05) is 0 Å². The lowest BCUT2D eigenvalue weighted by Crippen LogP contribution is -1.88. The van der Waals surface area contributed by atoms with Gasteiger partial charge in [-0.05, 0) is 23.7 Å². The number of aromatic hydroxyl groups is 1. The molecule has 1 aromatic carbocycles. The highest BCUT2D eigenvalue weighted by Crippen LogP contribution is 2.27. The van der Waals surface area contributed by atoms with Crippen LogP contribution in [-0.4, -0.2) is 15.1 Å². The molecule has 0 bridgehead atoms. The van der Waals surface area contributed by atoms with E-state index in [0.717, 1.165) is 6.07 Å². The summed E-state index contributed by atoms with van der Waals surface area (Å²) in [4.78, 5) is 7.25. The predicted molar refractivity (Wildman–Crippen MR) is 51.2 cm³/mol. The van der Waals surface area contributed by atoms with Crippen LogP contribution < -0.4 is 0 Å². The number of rotatable bonds is 0. The Hall–Kier alpha value is -1.13. The molecular formula is C8H3Cl2FN2O. The number of nitrogens with zero attached hydrogens (tertiary/aromatic N) is 2. The Bertz CT molecular complexity index is 518. The molecule has 1 aromatic heterocycles. The minimum Gasteiger partial charge on any atom is -0.493 e. The molecule has 2 aromatic rings. The molecule has 0 aliphatic rings. The average molecular weight is 233 g/mol. The summed E-state index contributed by atoms with van der Waals surface area (Å²) in [7, 11) is 0. The van der Waals surface area contributed by atoms with E-state index in [4.69, 9.17) is 23.2 Å². The van der Waals surface area contributed by atoms with Crippen molar-refractivity contribution in [3.63, 3.8) is 0 Å². The minimum atomic E-state index is -0.639.